The van der Waals surface area contributed by atoms with Crippen LogP contribution in [0.15, 0.2) is 27.7 Å². The Morgan fingerprint density at radius 1 is 1.33 bits per heavy atom. The van der Waals surface area contributed by atoms with Crippen LogP contribution < -0.4 is 10.0 Å². The molecule has 1 heterocycles. The molecule has 2 aromatic rings. The van der Waals surface area contributed by atoms with Crippen molar-refractivity contribution in [2.75, 3.05) is 11.8 Å². The van der Waals surface area contributed by atoms with Crippen molar-refractivity contribution in [3.05, 3.63) is 39.5 Å². The smallest absolute Gasteiger partial charge is 0.281 e. The number of aryl methyl sites for hydroxylation is 2. The van der Waals surface area contributed by atoms with Crippen LogP contribution in [-0.4, -0.2) is 25.7 Å². The Balaban J connectivity index is 2.41. The van der Waals surface area contributed by atoms with Crippen molar-refractivity contribution >= 4 is 31.6 Å². The van der Waals surface area contributed by atoms with Gasteiger partial charge >= 0.3 is 0 Å². The molecule has 0 aliphatic rings. The fourth-order valence-corrected chi connectivity index (χ4v) is 3.62. The molecule has 0 fully saturated rings. The Hall–Kier alpha value is -1.38. The molecular weight excluding hydrogens is 356 g/mol. The summed E-state index contributed by atoms with van der Waals surface area (Å²) in [6, 6.07) is 5.43. The highest BCUT2D eigenvalue weighted by molar-refractivity contribution is 9.10. The minimum Gasteiger partial charge on any atom is -0.316 e. The van der Waals surface area contributed by atoms with Crippen molar-refractivity contribution in [2.45, 2.75) is 25.4 Å². The van der Waals surface area contributed by atoms with Gasteiger partial charge in [0.25, 0.3) is 10.0 Å². The standard InChI is InChI=1S/C13H17BrN4O2S/c1-8-4-5-10(14)6-12(8)18-21(19,20)13-11(7-15-3)9(2)16-17-13/h4-6,15,18H,7H2,1-3H3,(H,16,17). The van der Waals surface area contributed by atoms with Gasteiger partial charge in [0.2, 0.25) is 5.03 Å². The molecule has 0 aliphatic heterocycles. The molecule has 114 valence electrons. The molecule has 1 aromatic heterocycles. The first-order valence-corrected chi connectivity index (χ1v) is 8.60. The number of rotatable bonds is 5. The van der Waals surface area contributed by atoms with Crippen LogP contribution in [0.4, 0.5) is 5.69 Å². The van der Waals surface area contributed by atoms with Gasteiger partial charge in [-0.25, -0.2) is 0 Å². The average Bonchev–Trinajstić information content (AvgIpc) is 2.77. The lowest BCUT2D eigenvalue weighted by molar-refractivity contribution is 0.595. The highest BCUT2D eigenvalue weighted by Gasteiger charge is 2.24. The number of H-pyrrole nitrogens is 1. The van der Waals surface area contributed by atoms with Gasteiger partial charge in [-0.1, -0.05) is 22.0 Å². The fourth-order valence-electron chi connectivity index (χ4n) is 1.93. The third-order valence-electron chi connectivity index (χ3n) is 3.09. The van der Waals surface area contributed by atoms with Gasteiger partial charge in [0.15, 0.2) is 0 Å². The number of aromatic amines is 1. The molecule has 8 heteroatoms. The molecule has 1 aromatic carbocycles. The third kappa shape index (κ3) is 3.45. The van der Waals surface area contributed by atoms with E-state index < -0.39 is 10.0 Å². The minimum atomic E-state index is -3.74. The van der Waals surface area contributed by atoms with Gasteiger partial charge in [0, 0.05) is 22.3 Å². The summed E-state index contributed by atoms with van der Waals surface area (Å²) in [7, 11) is -1.98. The third-order valence-corrected chi connectivity index (χ3v) is 4.92. The maximum atomic E-state index is 12.5. The number of sulfonamides is 1. The molecule has 0 radical (unpaired) electrons. The van der Waals surface area contributed by atoms with Gasteiger partial charge in [0.05, 0.1) is 5.69 Å². The topological polar surface area (TPSA) is 86.9 Å². The van der Waals surface area contributed by atoms with Crippen molar-refractivity contribution in [1.29, 1.82) is 0 Å². The Morgan fingerprint density at radius 2 is 2.05 bits per heavy atom. The molecule has 0 spiro atoms. The van der Waals surface area contributed by atoms with E-state index in [1.165, 1.54) is 0 Å². The molecule has 0 saturated heterocycles. The zero-order valence-corrected chi connectivity index (χ0v) is 14.4. The van der Waals surface area contributed by atoms with Gasteiger partial charge in [-0.05, 0) is 38.6 Å². The quantitative estimate of drug-likeness (QED) is 0.751. The van der Waals surface area contributed by atoms with Crippen LogP contribution in [0, 0.1) is 13.8 Å². The minimum absolute atomic E-state index is 0.0220. The Kier molecular flexibility index (Phi) is 4.70. The Labute approximate surface area is 132 Å². The highest BCUT2D eigenvalue weighted by atomic mass is 79.9. The molecule has 0 aliphatic carbocycles. The van der Waals surface area contributed by atoms with E-state index in [9.17, 15) is 8.42 Å². The molecule has 0 atom stereocenters. The van der Waals surface area contributed by atoms with Crippen LogP contribution >= 0.6 is 15.9 Å². The Morgan fingerprint density at radius 3 is 2.71 bits per heavy atom. The average molecular weight is 373 g/mol. The second-order valence-electron chi connectivity index (χ2n) is 4.73. The number of nitrogens with zero attached hydrogens (tertiary/aromatic N) is 1. The Bertz CT molecular complexity index is 756. The summed E-state index contributed by atoms with van der Waals surface area (Å²) in [4.78, 5) is 0. The fraction of sp³-hybridized carbons (Fsp3) is 0.308. The lowest BCUT2D eigenvalue weighted by atomic mass is 10.2. The van der Waals surface area contributed by atoms with Crippen molar-refractivity contribution in [3.8, 4) is 0 Å². The lowest BCUT2D eigenvalue weighted by Crippen LogP contribution is -2.18. The van der Waals surface area contributed by atoms with Crippen molar-refractivity contribution < 1.29 is 8.42 Å². The van der Waals surface area contributed by atoms with E-state index in [0.29, 0.717) is 17.8 Å². The van der Waals surface area contributed by atoms with Crippen molar-refractivity contribution in [1.82, 2.24) is 15.5 Å². The number of benzene rings is 1. The molecule has 6 nitrogen and oxygen atoms in total. The normalized spacial score (nSPS) is 11.6. The molecular formula is C13H17BrN4O2S. The van der Waals surface area contributed by atoms with Crippen LogP contribution in [0.3, 0.4) is 0 Å². The number of halogens is 1. The summed E-state index contributed by atoms with van der Waals surface area (Å²) in [6.45, 7) is 4.06. The molecule has 0 saturated carbocycles. The maximum absolute atomic E-state index is 12.5. The number of aromatic nitrogens is 2. The first kappa shape index (κ1) is 16.0. The first-order chi connectivity index (χ1) is 9.85. The maximum Gasteiger partial charge on any atom is 0.281 e. The van der Waals surface area contributed by atoms with E-state index in [4.69, 9.17) is 0 Å². The van der Waals surface area contributed by atoms with E-state index in [0.717, 1.165) is 15.7 Å². The van der Waals surface area contributed by atoms with Crippen LogP contribution in [0.2, 0.25) is 0 Å². The van der Waals surface area contributed by atoms with E-state index >= 15 is 0 Å². The van der Waals surface area contributed by atoms with Crippen LogP contribution in [0.1, 0.15) is 16.8 Å². The second kappa shape index (κ2) is 6.17. The first-order valence-electron chi connectivity index (χ1n) is 6.32. The van der Waals surface area contributed by atoms with Gasteiger partial charge in [-0.2, -0.15) is 13.5 Å². The monoisotopic (exact) mass is 372 g/mol. The summed E-state index contributed by atoms with van der Waals surface area (Å²) >= 11 is 3.34. The summed E-state index contributed by atoms with van der Waals surface area (Å²) in [6.07, 6.45) is 0. The molecule has 3 N–H and O–H groups in total. The van der Waals surface area contributed by atoms with Crippen molar-refractivity contribution in [3.63, 3.8) is 0 Å². The highest BCUT2D eigenvalue weighted by Crippen LogP contribution is 2.25. The number of nitrogens with one attached hydrogen (secondary N) is 3. The number of hydrogen-bond donors (Lipinski definition) is 3. The molecule has 0 bridgehead atoms. The summed E-state index contributed by atoms with van der Waals surface area (Å²) in [5, 5.41) is 9.62. The zero-order valence-electron chi connectivity index (χ0n) is 12.0. The largest absolute Gasteiger partial charge is 0.316 e. The predicted octanol–water partition coefficient (Wildman–Crippen LogP) is 2.31. The molecule has 21 heavy (non-hydrogen) atoms. The number of anilines is 1. The van der Waals surface area contributed by atoms with E-state index in [1.54, 1.807) is 20.0 Å². The van der Waals surface area contributed by atoms with E-state index in [2.05, 4.69) is 36.2 Å². The summed E-state index contributed by atoms with van der Waals surface area (Å²) < 4.78 is 28.5. The SMILES string of the molecule is CNCc1c(S(=O)(=O)Nc2cc(Br)ccc2C)n[nH]c1C. The van der Waals surface area contributed by atoms with E-state index in [1.807, 2.05) is 19.1 Å². The summed E-state index contributed by atoms with van der Waals surface area (Å²) in [5.74, 6) is 0. The van der Waals surface area contributed by atoms with Crippen molar-refractivity contribution in [2.24, 2.45) is 0 Å². The van der Waals surface area contributed by atoms with Crippen LogP contribution in [0.25, 0.3) is 0 Å². The van der Waals surface area contributed by atoms with Crippen LogP contribution in [0.5, 0.6) is 0 Å². The lowest BCUT2D eigenvalue weighted by Gasteiger charge is -2.11. The zero-order chi connectivity index (χ0) is 15.6. The number of hydrogen-bond acceptors (Lipinski definition) is 4. The summed E-state index contributed by atoms with van der Waals surface area (Å²) in [5.41, 5.74) is 2.73. The van der Waals surface area contributed by atoms with Crippen LogP contribution in [-0.2, 0) is 16.6 Å². The predicted molar refractivity (Wildman–Crippen MR) is 85.8 cm³/mol. The molecule has 0 unspecified atom stereocenters. The molecule has 0 amide bonds. The van der Waals surface area contributed by atoms with Gasteiger partial charge < -0.3 is 5.32 Å². The molecule has 2 rings (SSSR count). The van der Waals surface area contributed by atoms with Gasteiger partial charge in [-0.15, -0.1) is 0 Å². The van der Waals surface area contributed by atoms with Gasteiger partial charge in [-0.3, -0.25) is 9.82 Å². The van der Waals surface area contributed by atoms with Gasteiger partial charge in [0.1, 0.15) is 0 Å². The van der Waals surface area contributed by atoms with E-state index in [-0.39, 0.29) is 5.03 Å². The second-order valence-corrected chi connectivity index (χ2v) is 7.24.